The molecule has 1 aromatic heterocycles. The average Bonchev–Trinajstić information content (AvgIpc) is 2.67. The quantitative estimate of drug-likeness (QED) is 0.542. The standard InChI is InChI=1S/C8H14N4O2/c9-11-8-10-7(12-14-8)5-6-3-1-2-4-13-6/h6H,1-5,9H2,(H,10,11,12). The predicted octanol–water partition coefficient (Wildman–Crippen LogP) is 0.467. The molecule has 14 heavy (non-hydrogen) atoms. The van der Waals surface area contributed by atoms with Gasteiger partial charge in [-0.05, 0) is 19.3 Å². The van der Waals surface area contributed by atoms with Crippen LogP contribution in [0.4, 0.5) is 6.01 Å². The van der Waals surface area contributed by atoms with E-state index < -0.39 is 0 Å². The predicted molar refractivity (Wildman–Crippen MR) is 49.4 cm³/mol. The molecule has 2 heterocycles. The van der Waals surface area contributed by atoms with Gasteiger partial charge in [0.1, 0.15) is 0 Å². The highest BCUT2D eigenvalue weighted by Crippen LogP contribution is 2.16. The number of aromatic nitrogens is 2. The molecule has 0 aliphatic carbocycles. The van der Waals surface area contributed by atoms with E-state index in [1.165, 1.54) is 6.42 Å². The molecule has 0 spiro atoms. The van der Waals surface area contributed by atoms with Gasteiger partial charge in [-0.25, -0.2) is 5.84 Å². The molecule has 3 N–H and O–H groups in total. The summed E-state index contributed by atoms with van der Waals surface area (Å²) in [6, 6.07) is 0.246. The Hall–Kier alpha value is -1.14. The van der Waals surface area contributed by atoms with E-state index in [1.807, 2.05) is 0 Å². The summed E-state index contributed by atoms with van der Waals surface area (Å²) in [5.41, 5.74) is 2.30. The van der Waals surface area contributed by atoms with E-state index in [2.05, 4.69) is 15.6 Å². The number of hydrogen-bond acceptors (Lipinski definition) is 6. The highest BCUT2D eigenvalue weighted by molar-refractivity contribution is 5.14. The molecule has 1 aliphatic rings. The van der Waals surface area contributed by atoms with E-state index in [4.69, 9.17) is 15.1 Å². The van der Waals surface area contributed by atoms with Gasteiger partial charge < -0.3 is 9.26 Å². The lowest BCUT2D eigenvalue weighted by molar-refractivity contribution is 0.0153. The van der Waals surface area contributed by atoms with Gasteiger partial charge in [0, 0.05) is 13.0 Å². The number of nitrogens with two attached hydrogens (primary N) is 1. The highest BCUT2D eigenvalue weighted by atomic mass is 16.5. The van der Waals surface area contributed by atoms with E-state index in [0.29, 0.717) is 12.2 Å². The second kappa shape index (κ2) is 4.39. The first-order chi connectivity index (χ1) is 6.88. The van der Waals surface area contributed by atoms with Crippen molar-refractivity contribution in [2.75, 3.05) is 12.0 Å². The van der Waals surface area contributed by atoms with Crippen LogP contribution >= 0.6 is 0 Å². The summed E-state index contributed by atoms with van der Waals surface area (Å²) >= 11 is 0. The van der Waals surface area contributed by atoms with Crippen LogP contribution in [0.2, 0.25) is 0 Å². The van der Waals surface area contributed by atoms with Crippen LogP contribution in [0.15, 0.2) is 4.52 Å². The first-order valence-electron chi connectivity index (χ1n) is 4.79. The van der Waals surface area contributed by atoms with Crippen LogP contribution in [0.25, 0.3) is 0 Å². The van der Waals surface area contributed by atoms with Gasteiger partial charge in [0.25, 0.3) is 0 Å². The largest absolute Gasteiger partial charge is 0.378 e. The second-order valence-electron chi connectivity index (χ2n) is 3.35. The molecule has 0 bridgehead atoms. The summed E-state index contributed by atoms with van der Waals surface area (Å²) in [6.45, 7) is 0.838. The number of nitrogens with one attached hydrogen (secondary N) is 1. The maximum absolute atomic E-state index is 5.55. The minimum Gasteiger partial charge on any atom is -0.378 e. The third-order valence-corrected chi connectivity index (χ3v) is 2.28. The summed E-state index contributed by atoms with van der Waals surface area (Å²) in [7, 11) is 0. The van der Waals surface area contributed by atoms with Crippen molar-refractivity contribution >= 4 is 6.01 Å². The van der Waals surface area contributed by atoms with Crippen molar-refractivity contribution in [1.29, 1.82) is 0 Å². The van der Waals surface area contributed by atoms with Crippen LogP contribution in [0, 0.1) is 0 Å². The minimum absolute atomic E-state index is 0.229. The summed E-state index contributed by atoms with van der Waals surface area (Å²) in [5, 5.41) is 3.77. The van der Waals surface area contributed by atoms with Gasteiger partial charge in [0.2, 0.25) is 0 Å². The molecule has 1 unspecified atom stereocenters. The van der Waals surface area contributed by atoms with Crippen LogP contribution in [0.3, 0.4) is 0 Å². The van der Waals surface area contributed by atoms with Crippen LogP contribution < -0.4 is 11.3 Å². The van der Waals surface area contributed by atoms with Crippen LogP contribution in [-0.4, -0.2) is 22.9 Å². The lowest BCUT2D eigenvalue weighted by Gasteiger charge is -2.20. The third kappa shape index (κ3) is 2.21. The molecule has 1 fully saturated rings. The molecule has 1 atom stereocenters. The van der Waals surface area contributed by atoms with Crippen LogP contribution in [0.5, 0.6) is 0 Å². The number of rotatable bonds is 3. The lowest BCUT2D eigenvalue weighted by atomic mass is 10.1. The zero-order chi connectivity index (χ0) is 9.80. The first kappa shape index (κ1) is 9.42. The van der Waals surface area contributed by atoms with Gasteiger partial charge >= 0.3 is 6.01 Å². The Balaban J connectivity index is 1.89. The summed E-state index contributed by atoms with van der Waals surface area (Å²) in [4.78, 5) is 4.03. The zero-order valence-electron chi connectivity index (χ0n) is 7.90. The van der Waals surface area contributed by atoms with E-state index in [0.717, 1.165) is 19.4 Å². The minimum atomic E-state index is 0.229. The van der Waals surface area contributed by atoms with Crippen molar-refractivity contribution in [2.24, 2.45) is 5.84 Å². The molecule has 1 aliphatic heterocycles. The molecule has 1 saturated heterocycles. The van der Waals surface area contributed by atoms with Gasteiger partial charge in [-0.2, -0.15) is 4.98 Å². The number of hydrogen-bond donors (Lipinski definition) is 2. The number of ether oxygens (including phenoxy) is 1. The maximum atomic E-state index is 5.55. The molecule has 0 radical (unpaired) electrons. The van der Waals surface area contributed by atoms with Crippen molar-refractivity contribution in [2.45, 2.75) is 31.8 Å². The number of hydrazine groups is 1. The summed E-state index contributed by atoms with van der Waals surface area (Å²) in [5.74, 6) is 5.76. The fourth-order valence-corrected chi connectivity index (χ4v) is 1.57. The smallest absolute Gasteiger partial charge is 0.335 e. The van der Waals surface area contributed by atoms with Crippen molar-refractivity contribution < 1.29 is 9.26 Å². The van der Waals surface area contributed by atoms with Gasteiger partial charge in [0.15, 0.2) is 5.82 Å². The fourth-order valence-electron chi connectivity index (χ4n) is 1.57. The van der Waals surface area contributed by atoms with Crippen LogP contribution in [0.1, 0.15) is 25.1 Å². The molecule has 1 aromatic rings. The summed E-state index contributed by atoms with van der Waals surface area (Å²) in [6.07, 6.45) is 4.36. The molecule has 6 nitrogen and oxygen atoms in total. The highest BCUT2D eigenvalue weighted by Gasteiger charge is 2.17. The van der Waals surface area contributed by atoms with E-state index in [-0.39, 0.29) is 12.1 Å². The number of anilines is 1. The molecule has 78 valence electrons. The van der Waals surface area contributed by atoms with E-state index in [9.17, 15) is 0 Å². The summed E-state index contributed by atoms with van der Waals surface area (Å²) < 4.78 is 10.4. The van der Waals surface area contributed by atoms with Crippen LogP contribution in [-0.2, 0) is 11.2 Å². The second-order valence-corrected chi connectivity index (χ2v) is 3.35. The normalized spacial score (nSPS) is 22.2. The van der Waals surface area contributed by atoms with Crippen molar-refractivity contribution in [3.05, 3.63) is 5.82 Å². The monoisotopic (exact) mass is 198 g/mol. The molecule has 2 rings (SSSR count). The fraction of sp³-hybridized carbons (Fsp3) is 0.750. The van der Waals surface area contributed by atoms with Gasteiger partial charge in [0.05, 0.1) is 6.10 Å². The Morgan fingerprint density at radius 3 is 3.07 bits per heavy atom. The SMILES string of the molecule is NNc1nc(CC2CCCCO2)no1. The molecule has 0 aromatic carbocycles. The first-order valence-corrected chi connectivity index (χ1v) is 4.79. The molecule has 0 saturated carbocycles. The van der Waals surface area contributed by atoms with Gasteiger partial charge in [-0.3, -0.25) is 5.43 Å². The topological polar surface area (TPSA) is 86.2 Å². The number of nitrogens with zero attached hydrogens (tertiary/aromatic N) is 2. The lowest BCUT2D eigenvalue weighted by Crippen LogP contribution is -2.21. The van der Waals surface area contributed by atoms with Crippen molar-refractivity contribution in [3.63, 3.8) is 0 Å². The molecule has 0 amide bonds. The Bertz CT molecular complexity index is 283. The van der Waals surface area contributed by atoms with Crippen molar-refractivity contribution in [1.82, 2.24) is 10.1 Å². The molecule has 6 heteroatoms. The van der Waals surface area contributed by atoms with E-state index in [1.54, 1.807) is 0 Å². The van der Waals surface area contributed by atoms with Crippen molar-refractivity contribution in [3.8, 4) is 0 Å². The Labute approximate surface area is 81.8 Å². The molecular weight excluding hydrogens is 184 g/mol. The maximum Gasteiger partial charge on any atom is 0.335 e. The zero-order valence-corrected chi connectivity index (χ0v) is 7.90. The van der Waals surface area contributed by atoms with Gasteiger partial charge in [-0.1, -0.05) is 5.16 Å². The van der Waals surface area contributed by atoms with E-state index >= 15 is 0 Å². The number of nitrogen functional groups attached to an aromatic ring is 1. The Kier molecular flexibility index (Phi) is 2.95. The Morgan fingerprint density at radius 1 is 1.50 bits per heavy atom. The third-order valence-electron chi connectivity index (χ3n) is 2.28. The van der Waals surface area contributed by atoms with Gasteiger partial charge in [-0.15, -0.1) is 0 Å². The molecular formula is C8H14N4O2. The Morgan fingerprint density at radius 2 is 2.43 bits per heavy atom. The average molecular weight is 198 g/mol.